The van der Waals surface area contributed by atoms with Gasteiger partial charge in [0.1, 0.15) is 12.1 Å². The van der Waals surface area contributed by atoms with Gasteiger partial charge < -0.3 is 10.1 Å². The van der Waals surface area contributed by atoms with Crippen LogP contribution >= 0.6 is 0 Å². The molecule has 1 aromatic rings. The third kappa shape index (κ3) is 1.75. The number of hydrogen-bond donors (Lipinski definition) is 1. The predicted molar refractivity (Wildman–Crippen MR) is 52.5 cm³/mol. The largest absolute Gasteiger partial charge is 0.496 e. The van der Waals surface area contributed by atoms with E-state index in [0.29, 0.717) is 0 Å². The van der Waals surface area contributed by atoms with E-state index in [1.165, 1.54) is 6.33 Å². The maximum absolute atomic E-state index is 5.50. The molecule has 0 fully saturated rings. The fourth-order valence-corrected chi connectivity index (χ4v) is 1.57. The molecule has 0 saturated carbocycles. The minimum Gasteiger partial charge on any atom is -0.496 e. The molecule has 4 heteroatoms. The van der Waals surface area contributed by atoms with Crippen LogP contribution in [0.15, 0.2) is 30.6 Å². The first-order valence-corrected chi connectivity index (χ1v) is 4.67. The molecule has 0 spiro atoms. The summed E-state index contributed by atoms with van der Waals surface area (Å²) in [6.07, 6.45) is 8.23. The highest BCUT2D eigenvalue weighted by Gasteiger charge is 2.19. The van der Waals surface area contributed by atoms with Crippen molar-refractivity contribution in [3.8, 4) is 0 Å². The molecule has 2 rings (SSSR count). The Morgan fingerprint density at radius 2 is 2.21 bits per heavy atom. The molecule has 1 unspecified atom stereocenters. The van der Waals surface area contributed by atoms with E-state index in [1.54, 1.807) is 12.4 Å². The Labute approximate surface area is 83.0 Å². The summed E-state index contributed by atoms with van der Waals surface area (Å²) in [4.78, 5) is 7.98. The van der Waals surface area contributed by atoms with Crippen LogP contribution in [0.2, 0.25) is 0 Å². The summed E-state index contributed by atoms with van der Waals surface area (Å²) in [5.74, 6) is 0.974. The van der Waals surface area contributed by atoms with Crippen molar-refractivity contribution in [3.05, 3.63) is 36.1 Å². The first-order valence-electron chi connectivity index (χ1n) is 4.67. The zero-order valence-electron chi connectivity index (χ0n) is 8.10. The zero-order chi connectivity index (χ0) is 9.80. The van der Waals surface area contributed by atoms with Crippen LogP contribution in [0.3, 0.4) is 0 Å². The van der Waals surface area contributed by atoms with Gasteiger partial charge in [0.05, 0.1) is 12.6 Å². The van der Waals surface area contributed by atoms with Crippen molar-refractivity contribution in [3.63, 3.8) is 0 Å². The highest BCUT2D eigenvalue weighted by Crippen LogP contribution is 2.24. The van der Waals surface area contributed by atoms with Gasteiger partial charge in [-0.1, -0.05) is 0 Å². The lowest BCUT2D eigenvalue weighted by Crippen LogP contribution is -2.19. The van der Waals surface area contributed by atoms with Gasteiger partial charge in [-0.05, 0) is 13.1 Å². The summed E-state index contributed by atoms with van der Waals surface area (Å²) < 4.78 is 5.50. The molecule has 0 aliphatic carbocycles. The quantitative estimate of drug-likeness (QED) is 0.775. The summed E-state index contributed by atoms with van der Waals surface area (Å²) in [5, 5.41) is 3.19. The molecule has 1 aromatic heterocycles. The van der Waals surface area contributed by atoms with Crippen LogP contribution in [0.5, 0.6) is 0 Å². The van der Waals surface area contributed by atoms with Crippen molar-refractivity contribution in [2.75, 3.05) is 13.7 Å². The van der Waals surface area contributed by atoms with Crippen molar-refractivity contribution in [2.24, 2.45) is 0 Å². The SMILES string of the molecule is CNC(C1=CCCO1)c1cncnc1. The molecule has 0 bridgehead atoms. The number of hydrogen-bond acceptors (Lipinski definition) is 4. The predicted octanol–water partition coefficient (Wildman–Crippen LogP) is 1.04. The molecule has 1 N–H and O–H groups in total. The van der Waals surface area contributed by atoms with Crippen LogP contribution in [-0.4, -0.2) is 23.6 Å². The lowest BCUT2D eigenvalue weighted by atomic mass is 10.1. The van der Waals surface area contributed by atoms with Crippen molar-refractivity contribution in [1.29, 1.82) is 0 Å². The van der Waals surface area contributed by atoms with E-state index in [9.17, 15) is 0 Å². The first kappa shape index (κ1) is 9.15. The third-order valence-corrected chi connectivity index (χ3v) is 2.22. The monoisotopic (exact) mass is 191 g/mol. The minimum atomic E-state index is 0.0821. The van der Waals surface area contributed by atoms with Gasteiger partial charge in [0, 0.05) is 24.4 Å². The first-order chi connectivity index (χ1) is 6.92. The number of nitrogens with zero attached hydrogens (tertiary/aromatic N) is 2. The molecule has 1 aliphatic rings. The zero-order valence-corrected chi connectivity index (χ0v) is 8.10. The van der Waals surface area contributed by atoms with E-state index in [0.717, 1.165) is 24.4 Å². The second-order valence-corrected chi connectivity index (χ2v) is 3.14. The Kier molecular flexibility index (Phi) is 2.74. The number of likely N-dealkylation sites (N-methyl/N-ethyl adjacent to an activating group) is 1. The topological polar surface area (TPSA) is 47.0 Å². The summed E-state index contributed by atoms with van der Waals surface area (Å²) >= 11 is 0. The van der Waals surface area contributed by atoms with Gasteiger partial charge in [-0.2, -0.15) is 0 Å². The van der Waals surface area contributed by atoms with Gasteiger partial charge in [-0.25, -0.2) is 9.97 Å². The fourth-order valence-electron chi connectivity index (χ4n) is 1.57. The minimum absolute atomic E-state index is 0.0821. The van der Waals surface area contributed by atoms with Gasteiger partial charge in [-0.15, -0.1) is 0 Å². The molecule has 0 aromatic carbocycles. The number of ether oxygens (including phenoxy) is 1. The number of nitrogens with one attached hydrogen (secondary N) is 1. The molecule has 1 aliphatic heterocycles. The van der Waals surface area contributed by atoms with Gasteiger partial charge in [0.2, 0.25) is 0 Å². The summed E-state index contributed by atoms with van der Waals surface area (Å²) in [5.41, 5.74) is 1.03. The standard InChI is InChI=1S/C10H13N3O/c1-11-10(9-3-2-4-14-9)8-5-12-7-13-6-8/h3,5-7,10-11H,2,4H2,1H3. The fraction of sp³-hybridized carbons (Fsp3) is 0.400. The van der Waals surface area contributed by atoms with Crippen LogP contribution in [0, 0.1) is 0 Å². The Morgan fingerprint density at radius 3 is 2.79 bits per heavy atom. The van der Waals surface area contributed by atoms with Crippen LogP contribution in [0.4, 0.5) is 0 Å². The van der Waals surface area contributed by atoms with Crippen molar-refractivity contribution in [2.45, 2.75) is 12.5 Å². The molecular formula is C10H13N3O. The molecule has 74 valence electrons. The maximum Gasteiger partial charge on any atom is 0.115 e. The van der Waals surface area contributed by atoms with Gasteiger partial charge >= 0.3 is 0 Å². The van der Waals surface area contributed by atoms with Gasteiger partial charge in [0.25, 0.3) is 0 Å². The molecule has 14 heavy (non-hydrogen) atoms. The molecular weight excluding hydrogens is 178 g/mol. The van der Waals surface area contributed by atoms with Crippen LogP contribution in [-0.2, 0) is 4.74 Å². The van der Waals surface area contributed by atoms with Crippen LogP contribution in [0.25, 0.3) is 0 Å². The van der Waals surface area contributed by atoms with Crippen molar-refractivity contribution >= 4 is 0 Å². The Morgan fingerprint density at radius 1 is 1.43 bits per heavy atom. The second-order valence-electron chi connectivity index (χ2n) is 3.14. The Hall–Kier alpha value is -1.42. The number of aromatic nitrogens is 2. The van der Waals surface area contributed by atoms with Crippen LogP contribution in [0.1, 0.15) is 18.0 Å². The van der Waals surface area contributed by atoms with E-state index in [-0.39, 0.29) is 6.04 Å². The van der Waals surface area contributed by atoms with Crippen molar-refractivity contribution < 1.29 is 4.74 Å². The van der Waals surface area contributed by atoms with E-state index in [2.05, 4.69) is 21.4 Å². The number of rotatable bonds is 3. The lowest BCUT2D eigenvalue weighted by molar-refractivity contribution is 0.218. The molecule has 0 amide bonds. The lowest BCUT2D eigenvalue weighted by Gasteiger charge is -2.16. The van der Waals surface area contributed by atoms with Crippen LogP contribution < -0.4 is 5.32 Å². The van der Waals surface area contributed by atoms with Gasteiger partial charge in [0.15, 0.2) is 0 Å². The molecule has 2 heterocycles. The van der Waals surface area contributed by atoms with E-state index >= 15 is 0 Å². The normalized spacial score (nSPS) is 17.4. The smallest absolute Gasteiger partial charge is 0.115 e. The summed E-state index contributed by atoms with van der Waals surface area (Å²) in [7, 11) is 1.90. The van der Waals surface area contributed by atoms with E-state index in [1.807, 2.05) is 7.05 Å². The highest BCUT2D eigenvalue weighted by atomic mass is 16.5. The third-order valence-electron chi connectivity index (χ3n) is 2.22. The van der Waals surface area contributed by atoms with E-state index in [4.69, 9.17) is 4.74 Å². The molecule has 0 saturated heterocycles. The van der Waals surface area contributed by atoms with E-state index < -0.39 is 0 Å². The Balaban J connectivity index is 2.21. The second kappa shape index (κ2) is 4.19. The molecule has 0 radical (unpaired) electrons. The molecule has 4 nitrogen and oxygen atoms in total. The maximum atomic E-state index is 5.50. The summed E-state index contributed by atoms with van der Waals surface area (Å²) in [6.45, 7) is 0.779. The average Bonchev–Trinajstić information content (AvgIpc) is 2.74. The Bertz CT molecular complexity index is 323. The highest BCUT2D eigenvalue weighted by molar-refractivity contribution is 5.21. The summed E-state index contributed by atoms with van der Waals surface area (Å²) in [6, 6.07) is 0.0821. The van der Waals surface area contributed by atoms with Crippen molar-refractivity contribution in [1.82, 2.24) is 15.3 Å². The van der Waals surface area contributed by atoms with Gasteiger partial charge in [-0.3, -0.25) is 0 Å². The average molecular weight is 191 g/mol. The molecule has 1 atom stereocenters.